The smallest absolute Gasteiger partial charge is 0.155 e. The molecular weight excluding hydrogens is 218 g/mol. The average Bonchev–Trinajstić information content (AvgIpc) is 2.83. The van der Waals surface area contributed by atoms with Gasteiger partial charge in [0.1, 0.15) is 17.8 Å². The second kappa shape index (κ2) is 5.20. The first-order valence-electron chi connectivity index (χ1n) is 5.42. The Morgan fingerprint density at radius 2 is 2.06 bits per heavy atom. The number of nitrogen functional groups attached to an aromatic ring is 1. The summed E-state index contributed by atoms with van der Waals surface area (Å²) in [5.41, 5.74) is 6.44. The van der Waals surface area contributed by atoms with Gasteiger partial charge >= 0.3 is 0 Å². The molecule has 6 heteroatoms. The summed E-state index contributed by atoms with van der Waals surface area (Å²) in [7, 11) is 0. The van der Waals surface area contributed by atoms with Crippen LogP contribution in [0.3, 0.4) is 0 Å². The zero-order valence-electron chi connectivity index (χ0n) is 9.60. The number of hydrogen-bond donors (Lipinski definition) is 3. The van der Waals surface area contributed by atoms with E-state index < -0.39 is 0 Å². The Kier molecular flexibility index (Phi) is 3.44. The van der Waals surface area contributed by atoms with E-state index in [9.17, 15) is 0 Å². The predicted octanol–water partition coefficient (Wildman–Crippen LogP) is 1.70. The number of nitrogens with one attached hydrogen (secondary N) is 2. The largest absolute Gasteiger partial charge is 0.467 e. The van der Waals surface area contributed by atoms with Crippen molar-refractivity contribution < 1.29 is 4.42 Å². The molecule has 0 saturated carbocycles. The van der Waals surface area contributed by atoms with Crippen molar-refractivity contribution in [3.05, 3.63) is 30.5 Å². The number of nitrogens with two attached hydrogens (primary N) is 1. The highest BCUT2D eigenvalue weighted by atomic mass is 16.3. The lowest BCUT2D eigenvalue weighted by Crippen LogP contribution is -2.09. The fourth-order valence-electron chi connectivity index (χ4n) is 1.43. The minimum absolute atomic E-state index is 0.515. The Balaban J connectivity index is 2.07. The van der Waals surface area contributed by atoms with Gasteiger partial charge in [-0.25, -0.2) is 9.97 Å². The lowest BCUT2D eigenvalue weighted by Gasteiger charge is -2.10. The summed E-state index contributed by atoms with van der Waals surface area (Å²) in [5.74, 6) is 2.07. The number of furan rings is 1. The summed E-state index contributed by atoms with van der Waals surface area (Å²) in [5, 5.41) is 6.17. The summed E-state index contributed by atoms with van der Waals surface area (Å²) in [4.78, 5) is 8.15. The van der Waals surface area contributed by atoms with E-state index in [0.717, 1.165) is 12.3 Å². The van der Waals surface area contributed by atoms with E-state index in [0.29, 0.717) is 23.9 Å². The van der Waals surface area contributed by atoms with Crippen LogP contribution < -0.4 is 16.4 Å². The highest BCUT2D eigenvalue weighted by Crippen LogP contribution is 2.22. The third-order valence-corrected chi connectivity index (χ3v) is 2.24. The van der Waals surface area contributed by atoms with Crippen molar-refractivity contribution in [2.24, 2.45) is 0 Å². The van der Waals surface area contributed by atoms with Crippen LogP contribution in [0.4, 0.5) is 17.3 Å². The van der Waals surface area contributed by atoms with Crippen LogP contribution in [0.5, 0.6) is 0 Å². The Morgan fingerprint density at radius 3 is 2.71 bits per heavy atom. The maximum absolute atomic E-state index is 5.93. The lowest BCUT2D eigenvalue weighted by atomic mass is 10.4. The number of rotatable bonds is 5. The topological polar surface area (TPSA) is 89.0 Å². The molecule has 90 valence electrons. The first-order valence-corrected chi connectivity index (χ1v) is 5.42. The van der Waals surface area contributed by atoms with E-state index in [2.05, 4.69) is 20.6 Å². The van der Waals surface area contributed by atoms with E-state index in [1.807, 2.05) is 19.1 Å². The Morgan fingerprint density at radius 1 is 1.29 bits per heavy atom. The third kappa shape index (κ3) is 2.66. The van der Waals surface area contributed by atoms with Gasteiger partial charge in [-0.3, -0.25) is 0 Å². The third-order valence-electron chi connectivity index (χ3n) is 2.24. The van der Waals surface area contributed by atoms with Crippen molar-refractivity contribution in [2.75, 3.05) is 22.9 Å². The van der Waals surface area contributed by atoms with Gasteiger partial charge in [-0.1, -0.05) is 0 Å². The molecule has 0 aliphatic rings. The maximum Gasteiger partial charge on any atom is 0.155 e. The Bertz CT molecular complexity index is 469. The van der Waals surface area contributed by atoms with Gasteiger partial charge in [-0.15, -0.1) is 0 Å². The monoisotopic (exact) mass is 233 g/mol. The molecule has 2 aromatic heterocycles. The number of nitrogens with zero attached hydrogens (tertiary/aromatic N) is 2. The van der Waals surface area contributed by atoms with Crippen molar-refractivity contribution in [2.45, 2.75) is 13.5 Å². The van der Waals surface area contributed by atoms with E-state index in [1.54, 1.807) is 6.26 Å². The molecule has 0 fully saturated rings. The first-order chi connectivity index (χ1) is 8.31. The molecule has 6 nitrogen and oxygen atoms in total. The zero-order chi connectivity index (χ0) is 12.1. The molecule has 0 amide bonds. The first kappa shape index (κ1) is 11.3. The molecule has 17 heavy (non-hydrogen) atoms. The van der Waals surface area contributed by atoms with Crippen molar-refractivity contribution in [3.63, 3.8) is 0 Å². The van der Waals surface area contributed by atoms with Crippen LogP contribution in [0.25, 0.3) is 0 Å². The Labute approximate surface area is 99.3 Å². The van der Waals surface area contributed by atoms with Gasteiger partial charge in [0.05, 0.1) is 12.8 Å². The minimum Gasteiger partial charge on any atom is -0.467 e. The van der Waals surface area contributed by atoms with Gasteiger partial charge in [0.15, 0.2) is 11.6 Å². The molecule has 0 unspecified atom stereocenters. The molecule has 0 atom stereocenters. The maximum atomic E-state index is 5.93. The molecule has 2 heterocycles. The van der Waals surface area contributed by atoms with Crippen molar-refractivity contribution >= 4 is 17.3 Å². The predicted molar refractivity (Wildman–Crippen MR) is 66.6 cm³/mol. The second-order valence-electron chi connectivity index (χ2n) is 3.45. The Hall–Kier alpha value is -2.24. The highest BCUT2D eigenvalue weighted by Gasteiger charge is 2.07. The van der Waals surface area contributed by atoms with Crippen LogP contribution >= 0.6 is 0 Å². The molecular formula is C11H15N5O. The van der Waals surface area contributed by atoms with Gasteiger partial charge in [0.2, 0.25) is 0 Å². The normalized spacial score (nSPS) is 10.2. The second-order valence-corrected chi connectivity index (χ2v) is 3.45. The quantitative estimate of drug-likeness (QED) is 0.728. The molecule has 0 aliphatic carbocycles. The molecule has 0 aliphatic heterocycles. The molecule has 0 bridgehead atoms. The molecule has 0 spiro atoms. The SMILES string of the molecule is CCNc1ncnc(NCc2ccco2)c1N. The molecule has 2 rings (SSSR count). The van der Waals surface area contributed by atoms with Crippen molar-refractivity contribution in [1.82, 2.24) is 9.97 Å². The summed E-state index contributed by atoms with van der Waals surface area (Å²) < 4.78 is 5.21. The fourth-order valence-corrected chi connectivity index (χ4v) is 1.43. The van der Waals surface area contributed by atoms with Crippen LogP contribution in [-0.2, 0) is 6.54 Å². The van der Waals surface area contributed by atoms with E-state index in [4.69, 9.17) is 10.2 Å². The molecule has 0 saturated heterocycles. The van der Waals surface area contributed by atoms with Crippen LogP contribution in [0.15, 0.2) is 29.1 Å². The summed E-state index contributed by atoms with van der Waals surface area (Å²) in [6, 6.07) is 3.72. The van der Waals surface area contributed by atoms with Crippen LogP contribution in [0.1, 0.15) is 12.7 Å². The van der Waals surface area contributed by atoms with Gasteiger partial charge in [-0.2, -0.15) is 0 Å². The number of anilines is 3. The number of hydrogen-bond acceptors (Lipinski definition) is 6. The summed E-state index contributed by atoms with van der Waals surface area (Å²) in [6.07, 6.45) is 3.10. The standard InChI is InChI=1S/C11H15N5O/c1-2-13-10-9(12)11(16-7-15-10)14-6-8-4-3-5-17-8/h3-5,7H,2,6,12H2,1H3,(H2,13,14,15,16). The highest BCUT2D eigenvalue weighted by molar-refractivity contribution is 5.73. The van der Waals surface area contributed by atoms with E-state index in [-0.39, 0.29) is 0 Å². The van der Waals surface area contributed by atoms with Crippen LogP contribution in [-0.4, -0.2) is 16.5 Å². The number of aromatic nitrogens is 2. The minimum atomic E-state index is 0.515. The van der Waals surface area contributed by atoms with Gasteiger partial charge in [-0.05, 0) is 19.1 Å². The van der Waals surface area contributed by atoms with Crippen molar-refractivity contribution in [1.29, 1.82) is 0 Å². The van der Waals surface area contributed by atoms with Gasteiger partial charge in [0.25, 0.3) is 0 Å². The molecule has 4 N–H and O–H groups in total. The zero-order valence-corrected chi connectivity index (χ0v) is 9.60. The summed E-state index contributed by atoms with van der Waals surface area (Å²) in [6.45, 7) is 3.29. The van der Waals surface area contributed by atoms with Crippen LogP contribution in [0, 0.1) is 0 Å². The van der Waals surface area contributed by atoms with Crippen LogP contribution in [0.2, 0.25) is 0 Å². The molecule has 2 aromatic rings. The van der Waals surface area contributed by atoms with E-state index >= 15 is 0 Å². The average molecular weight is 233 g/mol. The molecule has 0 aromatic carbocycles. The van der Waals surface area contributed by atoms with Crippen molar-refractivity contribution in [3.8, 4) is 0 Å². The van der Waals surface area contributed by atoms with Gasteiger partial charge in [0, 0.05) is 6.54 Å². The fraction of sp³-hybridized carbons (Fsp3) is 0.273. The van der Waals surface area contributed by atoms with E-state index in [1.165, 1.54) is 6.33 Å². The summed E-state index contributed by atoms with van der Waals surface area (Å²) >= 11 is 0. The molecule has 0 radical (unpaired) electrons. The van der Waals surface area contributed by atoms with Gasteiger partial charge < -0.3 is 20.8 Å². The lowest BCUT2D eigenvalue weighted by molar-refractivity contribution is 0.518.